The molecule has 0 saturated carbocycles. The number of esters is 1. The van der Waals surface area contributed by atoms with Gasteiger partial charge in [0.05, 0.1) is 7.11 Å². The molecule has 0 bridgehead atoms. The Bertz CT molecular complexity index is 867. The molecule has 1 aromatic carbocycles. The van der Waals surface area contributed by atoms with E-state index in [0.717, 1.165) is 11.3 Å². The standard InChI is InChI=1S/C26H41N3O7/c1-25(2,3)35-20-10-8-19(9-11-20)18-21(22(30)33-7)27-23(31)34-17-16-28-12-14-29(15-13-28)24(32)36-26(4,5)6/h8-11,21H,12-18H2,1-7H3,(H,27,31). The van der Waals surface area contributed by atoms with Crippen molar-refractivity contribution in [3.8, 4) is 5.75 Å². The number of benzene rings is 1. The van der Waals surface area contributed by atoms with Crippen LogP contribution in [0.5, 0.6) is 5.75 Å². The molecular formula is C26H41N3O7. The summed E-state index contributed by atoms with van der Waals surface area (Å²) < 4.78 is 21.4. The summed E-state index contributed by atoms with van der Waals surface area (Å²) in [4.78, 5) is 40.5. The molecule has 1 aromatic rings. The van der Waals surface area contributed by atoms with Crippen molar-refractivity contribution in [1.82, 2.24) is 15.1 Å². The van der Waals surface area contributed by atoms with Crippen LogP contribution >= 0.6 is 0 Å². The van der Waals surface area contributed by atoms with Gasteiger partial charge in [-0.1, -0.05) is 12.1 Å². The average Bonchev–Trinajstić information content (AvgIpc) is 2.77. The number of rotatable bonds is 8. The third-order valence-electron chi connectivity index (χ3n) is 5.23. The predicted octanol–water partition coefficient (Wildman–Crippen LogP) is 3.23. The SMILES string of the molecule is COC(=O)C(Cc1ccc(OC(C)(C)C)cc1)NC(=O)OCCN1CCN(C(=O)OC(C)(C)C)CC1. The van der Waals surface area contributed by atoms with Gasteiger partial charge < -0.3 is 29.2 Å². The number of methoxy groups -OCH3 is 1. The van der Waals surface area contributed by atoms with Crippen molar-refractivity contribution in [1.29, 1.82) is 0 Å². The maximum absolute atomic E-state index is 12.3. The van der Waals surface area contributed by atoms with Crippen LogP contribution in [0.1, 0.15) is 47.1 Å². The van der Waals surface area contributed by atoms with Crippen LogP contribution in [0.25, 0.3) is 0 Å². The Morgan fingerprint density at radius 1 is 0.944 bits per heavy atom. The molecule has 0 aromatic heterocycles. The van der Waals surface area contributed by atoms with Crippen LogP contribution in [0.3, 0.4) is 0 Å². The molecule has 36 heavy (non-hydrogen) atoms. The zero-order valence-corrected chi connectivity index (χ0v) is 22.6. The minimum absolute atomic E-state index is 0.158. The smallest absolute Gasteiger partial charge is 0.410 e. The fourth-order valence-electron chi connectivity index (χ4n) is 3.55. The lowest BCUT2D eigenvalue weighted by Gasteiger charge is -2.35. The van der Waals surface area contributed by atoms with Gasteiger partial charge in [-0.2, -0.15) is 0 Å². The number of carbonyl (C=O) groups excluding carboxylic acids is 3. The van der Waals surface area contributed by atoms with Crippen molar-refractivity contribution in [2.45, 2.75) is 65.2 Å². The number of amides is 2. The molecule has 1 unspecified atom stereocenters. The quantitative estimate of drug-likeness (QED) is 0.422. The zero-order valence-electron chi connectivity index (χ0n) is 22.6. The van der Waals surface area contributed by atoms with Crippen molar-refractivity contribution in [3.63, 3.8) is 0 Å². The Morgan fingerprint density at radius 3 is 2.08 bits per heavy atom. The van der Waals surface area contributed by atoms with Gasteiger partial charge in [-0.25, -0.2) is 14.4 Å². The molecule has 2 rings (SSSR count). The van der Waals surface area contributed by atoms with Crippen LogP contribution in [0.15, 0.2) is 24.3 Å². The third-order valence-corrected chi connectivity index (χ3v) is 5.23. The molecule has 0 radical (unpaired) electrons. The molecule has 10 heteroatoms. The number of hydrogen-bond acceptors (Lipinski definition) is 8. The zero-order chi connectivity index (χ0) is 26.9. The second-order valence-corrected chi connectivity index (χ2v) is 10.7. The summed E-state index contributed by atoms with van der Waals surface area (Å²) in [5, 5.41) is 2.60. The normalized spacial score (nSPS) is 15.6. The summed E-state index contributed by atoms with van der Waals surface area (Å²) >= 11 is 0. The molecule has 1 saturated heterocycles. The van der Waals surface area contributed by atoms with Gasteiger partial charge in [0.25, 0.3) is 0 Å². The molecule has 0 aliphatic carbocycles. The van der Waals surface area contributed by atoms with E-state index < -0.39 is 23.7 Å². The summed E-state index contributed by atoms with van der Waals surface area (Å²) in [6.45, 7) is 14.5. The molecule has 1 aliphatic heterocycles. The van der Waals surface area contributed by atoms with E-state index in [0.29, 0.717) is 32.7 Å². The second-order valence-electron chi connectivity index (χ2n) is 10.7. The highest BCUT2D eigenvalue weighted by molar-refractivity contribution is 5.81. The van der Waals surface area contributed by atoms with E-state index in [1.807, 2.05) is 65.8 Å². The average molecular weight is 508 g/mol. The summed E-state index contributed by atoms with van der Waals surface area (Å²) in [6.07, 6.45) is -0.752. The van der Waals surface area contributed by atoms with E-state index in [-0.39, 0.29) is 24.7 Å². The molecule has 1 aliphatic rings. The summed E-state index contributed by atoms with van der Waals surface area (Å²) in [6, 6.07) is 6.47. The van der Waals surface area contributed by atoms with E-state index >= 15 is 0 Å². The minimum atomic E-state index is -0.880. The number of nitrogens with zero attached hydrogens (tertiary/aromatic N) is 2. The fourth-order valence-corrected chi connectivity index (χ4v) is 3.55. The lowest BCUT2D eigenvalue weighted by Crippen LogP contribution is -2.50. The first-order chi connectivity index (χ1) is 16.8. The number of ether oxygens (including phenoxy) is 4. The first-order valence-corrected chi connectivity index (χ1v) is 12.2. The molecular weight excluding hydrogens is 466 g/mol. The largest absolute Gasteiger partial charge is 0.488 e. The van der Waals surface area contributed by atoms with Crippen molar-refractivity contribution in [2.24, 2.45) is 0 Å². The summed E-state index contributed by atoms with van der Waals surface area (Å²) in [7, 11) is 1.28. The molecule has 1 fully saturated rings. The Kier molecular flexibility index (Phi) is 10.4. The first-order valence-electron chi connectivity index (χ1n) is 12.2. The van der Waals surface area contributed by atoms with Crippen molar-refractivity contribution < 1.29 is 33.3 Å². The van der Waals surface area contributed by atoms with E-state index in [4.69, 9.17) is 18.9 Å². The van der Waals surface area contributed by atoms with Crippen LogP contribution in [0, 0.1) is 0 Å². The molecule has 0 spiro atoms. The van der Waals surface area contributed by atoms with E-state index in [9.17, 15) is 14.4 Å². The van der Waals surface area contributed by atoms with Gasteiger partial charge in [0.15, 0.2) is 0 Å². The van der Waals surface area contributed by atoms with Crippen LogP contribution in [-0.4, -0.2) is 91.6 Å². The van der Waals surface area contributed by atoms with Crippen molar-refractivity contribution >= 4 is 18.2 Å². The Hall–Kier alpha value is -3.01. The summed E-state index contributed by atoms with van der Waals surface area (Å²) in [5.41, 5.74) is 0.00379. The Morgan fingerprint density at radius 2 is 1.56 bits per heavy atom. The van der Waals surface area contributed by atoms with E-state index in [1.165, 1.54) is 7.11 Å². The monoisotopic (exact) mass is 507 g/mol. The van der Waals surface area contributed by atoms with Crippen molar-refractivity contribution in [3.05, 3.63) is 29.8 Å². The number of carbonyl (C=O) groups is 3. The fraction of sp³-hybridized carbons (Fsp3) is 0.654. The predicted molar refractivity (Wildman–Crippen MR) is 135 cm³/mol. The second kappa shape index (κ2) is 12.8. The van der Waals surface area contributed by atoms with Crippen LogP contribution in [-0.2, 0) is 25.4 Å². The van der Waals surface area contributed by atoms with Crippen LogP contribution in [0.2, 0.25) is 0 Å². The summed E-state index contributed by atoms with van der Waals surface area (Å²) in [5.74, 6) is 0.167. The molecule has 1 N–H and O–H groups in total. The topological polar surface area (TPSA) is 107 Å². The van der Waals surface area contributed by atoms with Gasteiger partial charge in [0, 0.05) is 39.1 Å². The Labute approximate surface area is 214 Å². The van der Waals surface area contributed by atoms with Crippen LogP contribution in [0.4, 0.5) is 9.59 Å². The highest BCUT2D eigenvalue weighted by atomic mass is 16.6. The number of alkyl carbamates (subject to hydrolysis) is 1. The van der Waals surface area contributed by atoms with Gasteiger partial charge in [-0.05, 0) is 59.2 Å². The lowest BCUT2D eigenvalue weighted by atomic mass is 10.1. The van der Waals surface area contributed by atoms with E-state index in [1.54, 1.807) is 4.90 Å². The highest BCUT2D eigenvalue weighted by Crippen LogP contribution is 2.19. The molecule has 202 valence electrons. The molecule has 10 nitrogen and oxygen atoms in total. The van der Waals surface area contributed by atoms with Crippen molar-refractivity contribution in [2.75, 3.05) is 46.4 Å². The van der Waals surface area contributed by atoms with Gasteiger partial charge >= 0.3 is 18.2 Å². The maximum Gasteiger partial charge on any atom is 0.410 e. The first kappa shape index (κ1) is 29.2. The number of hydrogen-bond donors (Lipinski definition) is 1. The van der Waals surface area contributed by atoms with Crippen LogP contribution < -0.4 is 10.1 Å². The molecule has 2 amide bonds. The minimum Gasteiger partial charge on any atom is -0.488 e. The Balaban J connectivity index is 1.77. The van der Waals surface area contributed by atoms with Gasteiger partial charge in [0.1, 0.15) is 29.6 Å². The molecule has 1 atom stereocenters. The van der Waals surface area contributed by atoms with E-state index in [2.05, 4.69) is 10.2 Å². The number of nitrogens with one attached hydrogen (secondary N) is 1. The highest BCUT2D eigenvalue weighted by Gasteiger charge is 2.26. The number of piperazine rings is 1. The molecule has 1 heterocycles. The van der Waals surface area contributed by atoms with Gasteiger partial charge in [0.2, 0.25) is 0 Å². The van der Waals surface area contributed by atoms with Gasteiger partial charge in [-0.15, -0.1) is 0 Å². The lowest BCUT2D eigenvalue weighted by molar-refractivity contribution is -0.143. The van der Waals surface area contributed by atoms with Gasteiger partial charge in [-0.3, -0.25) is 4.90 Å². The third kappa shape index (κ3) is 10.7. The maximum atomic E-state index is 12.3.